The van der Waals surface area contributed by atoms with E-state index in [4.69, 9.17) is 6.42 Å². The third-order valence-electron chi connectivity index (χ3n) is 2.79. The molecule has 1 N–H and O–H groups in total. The number of benzene rings is 1. The van der Waals surface area contributed by atoms with E-state index in [-0.39, 0.29) is 23.2 Å². The zero-order chi connectivity index (χ0) is 15.3. The summed E-state index contributed by atoms with van der Waals surface area (Å²) in [5.41, 5.74) is 0.419. The summed E-state index contributed by atoms with van der Waals surface area (Å²) in [7, 11) is 3.18. The number of carbonyl (C=O) groups is 1. The van der Waals surface area contributed by atoms with Gasteiger partial charge < -0.3 is 10.2 Å². The van der Waals surface area contributed by atoms with Crippen molar-refractivity contribution in [2.24, 2.45) is 0 Å². The van der Waals surface area contributed by atoms with Gasteiger partial charge in [0.1, 0.15) is 5.69 Å². The van der Waals surface area contributed by atoms with Gasteiger partial charge in [-0.15, -0.1) is 6.42 Å². The molecule has 0 saturated carbocycles. The molecule has 0 saturated heterocycles. The van der Waals surface area contributed by atoms with Crippen LogP contribution in [0.1, 0.15) is 23.7 Å². The molecule has 0 bridgehead atoms. The predicted molar refractivity (Wildman–Crippen MR) is 77.6 cm³/mol. The SMILES string of the molecule is C#CC(CC)Nc1ccc(C(=O)N(C)C)cc1[N+](=O)[O-]. The van der Waals surface area contributed by atoms with E-state index in [2.05, 4.69) is 11.2 Å². The van der Waals surface area contributed by atoms with Crippen molar-refractivity contribution in [1.29, 1.82) is 0 Å². The lowest BCUT2D eigenvalue weighted by molar-refractivity contribution is -0.384. The van der Waals surface area contributed by atoms with E-state index in [0.717, 1.165) is 0 Å². The molecule has 1 unspecified atom stereocenters. The molecule has 0 fully saturated rings. The van der Waals surface area contributed by atoms with Gasteiger partial charge in [-0.3, -0.25) is 14.9 Å². The third-order valence-corrected chi connectivity index (χ3v) is 2.79. The molecule has 0 heterocycles. The fraction of sp³-hybridized carbons (Fsp3) is 0.357. The summed E-state index contributed by atoms with van der Waals surface area (Å²) in [5.74, 6) is 2.22. The molecule has 1 atom stereocenters. The van der Waals surface area contributed by atoms with Gasteiger partial charge in [-0.25, -0.2) is 0 Å². The smallest absolute Gasteiger partial charge is 0.293 e. The molecule has 0 aliphatic rings. The quantitative estimate of drug-likeness (QED) is 0.507. The molecule has 20 heavy (non-hydrogen) atoms. The number of nitrogens with one attached hydrogen (secondary N) is 1. The first kappa shape index (κ1) is 15.5. The highest BCUT2D eigenvalue weighted by Crippen LogP contribution is 2.27. The van der Waals surface area contributed by atoms with Crippen molar-refractivity contribution < 1.29 is 9.72 Å². The third kappa shape index (κ3) is 3.48. The topological polar surface area (TPSA) is 75.5 Å². The Hall–Kier alpha value is -2.55. The van der Waals surface area contributed by atoms with Crippen LogP contribution in [0.3, 0.4) is 0 Å². The second-order valence-corrected chi connectivity index (χ2v) is 4.46. The summed E-state index contributed by atoms with van der Waals surface area (Å²) in [6, 6.07) is 4.02. The maximum atomic E-state index is 11.8. The minimum atomic E-state index is -0.530. The van der Waals surface area contributed by atoms with Gasteiger partial charge in [0.05, 0.1) is 11.0 Å². The van der Waals surface area contributed by atoms with Gasteiger partial charge in [0.25, 0.3) is 11.6 Å². The molecule has 6 heteroatoms. The molecule has 0 aromatic heterocycles. The molecule has 1 amide bonds. The van der Waals surface area contributed by atoms with Crippen molar-refractivity contribution in [3.05, 3.63) is 33.9 Å². The molecule has 1 aromatic rings. The molecule has 0 aliphatic carbocycles. The molecule has 0 radical (unpaired) electrons. The van der Waals surface area contributed by atoms with Gasteiger partial charge in [-0.1, -0.05) is 12.8 Å². The monoisotopic (exact) mass is 275 g/mol. The molecule has 1 aromatic carbocycles. The molecular weight excluding hydrogens is 258 g/mol. The standard InChI is InChI=1S/C14H17N3O3/c1-5-11(6-2)15-12-8-7-10(14(18)16(3)4)9-13(12)17(19)20/h1,7-9,11,15H,6H2,2-4H3. The Balaban J connectivity index is 3.18. The summed E-state index contributed by atoms with van der Waals surface area (Å²) in [4.78, 5) is 23.8. The highest BCUT2D eigenvalue weighted by molar-refractivity contribution is 5.95. The number of hydrogen-bond donors (Lipinski definition) is 1. The Labute approximate surface area is 117 Å². The molecule has 1 rings (SSSR count). The second kappa shape index (κ2) is 6.57. The van der Waals surface area contributed by atoms with Crippen LogP contribution in [0.15, 0.2) is 18.2 Å². The van der Waals surface area contributed by atoms with Crippen molar-refractivity contribution in [2.45, 2.75) is 19.4 Å². The summed E-state index contributed by atoms with van der Waals surface area (Å²) < 4.78 is 0. The van der Waals surface area contributed by atoms with E-state index in [1.807, 2.05) is 6.92 Å². The fourth-order valence-corrected chi connectivity index (χ4v) is 1.65. The van der Waals surface area contributed by atoms with Crippen molar-refractivity contribution in [3.63, 3.8) is 0 Å². The Kier molecular flexibility index (Phi) is 5.09. The van der Waals surface area contributed by atoms with Crippen LogP contribution < -0.4 is 5.32 Å². The van der Waals surface area contributed by atoms with Crippen LogP contribution in [0.2, 0.25) is 0 Å². The number of terminal acetylenes is 1. The zero-order valence-corrected chi connectivity index (χ0v) is 11.7. The van der Waals surface area contributed by atoms with Crippen LogP contribution in [-0.2, 0) is 0 Å². The number of anilines is 1. The lowest BCUT2D eigenvalue weighted by Crippen LogP contribution is -2.22. The first-order valence-electron chi connectivity index (χ1n) is 6.13. The molecule has 0 spiro atoms. The Morgan fingerprint density at radius 2 is 2.20 bits per heavy atom. The Morgan fingerprint density at radius 1 is 1.55 bits per heavy atom. The van der Waals surface area contributed by atoms with Crippen LogP contribution in [0, 0.1) is 22.5 Å². The Morgan fingerprint density at radius 3 is 2.65 bits per heavy atom. The molecule has 106 valence electrons. The van der Waals surface area contributed by atoms with Crippen molar-refractivity contribution in [2.75, 3.05) is 19.4 Å². The number of carbonyl (C=O) groups excluding carboxylic acids is 1. The first-order valence-corrected chi connectivity index (χ1v) is 6.13. The van der Waals surface area contributed by atoms with Gasteiger partial charge in [0.15, 0.2) is 0 Å². The van der Waals surface area contributed by atoms with Crippen LogP contribution >= 0.6 is 0 Å². The van der Waals surface area contributed by atoms with Crippen molar-refractivity contribution in [1.82, 2.24) is 4.90 Å². The van der Waals surface area contributed by atoms with E-state index in [9.17, 15) is 14.9 Å². The molecule has 6 nitrogen and oxygen atoms in total. The minimum Gasteiger partial charge on any atom is -0.366 e. The first-order chi connectivity index (χ1) is 9.40. The van der Waals surface area contributed by atoms with E-state index < -0.39 is 4.92 Å². The van der Waals surface area contributed by atoms with Gasteiger partial charge in [0.2, 0.25) is 0 Å². The van der Waals surface area contributed by atoms with Gasteiger partial charge in [-0.2, -0.15) is 0 Å². The van der Waals surface area contributed by atoms with Crippen LogP contribution in [-0.4, -0.2) is 35.9 Å². The summed E-state index contributed by atoms with van der Waals surface area (Å²) in [6.07, 6.45) is 5.98. The highest BCUT2D eigenvalue weighted by Gasteiger charge is 2.19. The summed E-state index contributed by atoms with van der Waals surface area (Å²) >= 11 is 0. The number of rotatable bonds is 5. The number of nitro groups is 1. The normalized spacial score (nSPS) is 11.3. The van der Waals surface area contributed by atoms with Gasteiger partial charge in [-0.05, 0) is 18.6 Å². The largest absolute Gasteiger partial charge is 0.366 e. The summed E-state index contributed by atoms with van der Waals surface area (Å²) in [5, 5.41) is 14.0. The number of nitrogens with zero attached hydrogens (tertiary/aromatic N) is 2. The number of amides is 1. The molecular formula is C14H17N3O3. The zero-order valence-electron chi connectivity index (χ0n) is 11.7. The fourth-order valence-electron chi connectivity index (χ4n) is 1.65. The highest BCUT2D eigenvalue weighted by atomic mass is 16.6. The van der Waals surface area contributed by atoms with E-state index in [0.29, 0.717) is 12.1 Å². The number of hydrogen-bond acceptors (Lipinski definition) is 4. The average Bonchev–Trinajstić information content (AvgIpc) is 2.43. The van der Waals surface area contributed by atoms with Gasteiger partial charge in [0, 0.05) is 25.7 Å². The lowest BCUT2D eigenvalue weighted by atomic mass is 10.1. The maximum absolute atomic E-state index is 11.8. The lowest BCUT2D eigenvalue weighted by Gasteiger charge is -2.14. The predicted octanol–water partition coefficient (Wildman–Crippen LogP) is 2.12. The van der Waals surface area contributed by atoms with Gasteiger partial charge >= 0.3 is 0 Å². The van der Waals surface area contributed by atoms with Crippen LogP contribution in [0.25, 0.3) is 0 Å². The number of nitro benzene ring substituents is 1. The molecule has 0 aliphatic heterocycles. The van der Waals surface area contributed by atoms with E-state index >= 15 is 0 Å². The van der Waals surface area contributed by atoms with E-state index in [1.165, 1.54) is 17.0 Å². The maximum Gasteiger partial charge on any atom is 0.293 e. The average molecular weight is 275 g/mol. The van der Waals surface area contributed by atoms with E-state index in [1.54, 1.807) is 20.2 Å². The van der Waals surface area contributed by atoms with Crippen LogP contribution in [0.5, 0.6) is 0 Å². The Bertz CT molecular complexity index is 561. The van der Waals surface area contributed by atoms with Crippen molar-refractivity contribution >= 4 is 17.3 Å². The van der Waals surface area contributed by atoms with Crippen molar-refractivity contribution in [3.8, 4) is 12.3 Å². The van der Waals surface area contributed by atoms with Crippen LogP contribution in [0.4, 0.5) is 11.4 Å². The second-order valence-electron chi connectivity index (χ2n) is 4.46. The summed E-state index contributed by atoms with van der Waals surface area (Å²) in [6.45, 7) is 1.88. The minimum absolute atomic E-state index is 0.161.